The lowest BCUT2D eigenvalue weighted by Gasteiger charge is -2.32. The summed E-state index contributed by atoms with van der Waals surface area (Å²) in [5, 5.41) is 10.7. The number of nitrogens with zero attached hydrogens (tertiary/aromatic N) is 3. The number of benzene rings is 2. The third-order valence-corrected chi connectivity index (χ3v) is 9.59. The van der Waals surface area contributed by atoms with Gasteiger partial charge < -0.3 is 9.47 Å². The van der Waals surface area contributed by atoms with Crippen LogP contribution >= 0.6 is 0 Å². The molecule has 0 radical (unpaired) electrons. The van der Waals surface area contributed by atoms with Gasteiger partial charge in [0.05, 0.1) is 23.0 Å². The minimum atomic E-state index is -0.0296. The van der Waals surface area contributed by atoms with E-state index in [0.717, 1.165) is 42.0 Å². The Balaban J connectivity index is 1.70. The number of allylic oxidation sites excluding steroid dienone is 10. The maximum Gasteiger partial charge on any atom is 0.101 e. The van der Waals surface area contributed by atoms with Crippen LogP contribution in [-0.4, -0.2) is 10.6 Å². The van der Waals surface area contributed by atoms with E-state index in [2.05, 4.69) is 129 Å². The number of anilines is 1. The summed E-state index contributed by atoms with van der Waals surface area (Å²) in [7, 11) is 0. The van der Waals surface area contributed by atoms with Crippen LogP contribution in [0.15, 0.2) is 122 Å². The highest BCUT2D eigenvalue weighted by molar-refractivity contribution is 5.89. The minimum Gasteiger partial charge on any atom is -0.331 e. The summed E-state index contributed by atoms with van der Waals surface area (Å²) in [5.74, 6) is 0.167. The Kier molecular flexibility index (Phi) is 8.64. The minimum absolute atomic E-state index is 0.0296. The molecule has 0 N–H and O–H groups in total. The van der Waals surface area contributed by atoms with E-state index in [0.29, 0.717) is 5.57 Å². The first kappa shape index (κ1) is 30.7. The molecular weight excluding hydrogens is 558 g/mol. The quantitative estimate of drug-likeness (QED) is 0.191. The Hall–Kier alpha value is -5.33. The summed E-state index contributed by atoms with van der Waals surface area (Å²) in [6.07, 6.45) is 27.4. The van der Waals surface area contributed by atoms with Gasteiger partial charge in [-0.15, -0.1) is 0 Å². The summed E-state index contributed by atoms with van der Waals surface area (Å²) in [5.41, 5.74) is 15.0. The molecule has 0 amide bonds. The van der Waals surface area contributed by atoms with Crippen LogP contribution in [0.5, 0.6) is 0 Å². The zero-order chi connectivity index (χ0) is 32.4. The Morgan fingerprint density at radius 2 is 1.76 bits per heavy atom. The fourth-order valence-electron chi connectivity index (χ4n) is 7.62. The molecule has 2 aromatic carbocycles. The molecule has 2 heterocycles. The Labute approximate surface area is 274 Å². The van der Waals surface area contributed by atoms with Gasteiger partial charge in [0.15, 0.2) is 0 Å². The second-order valence-corrected chi connectivity index (χ2v) is 12.1. The first-order valence-corrected chi connectivity index (χ1v) is 16.1. The van der Waals surface area contributed by atoms with Gasteiger partial charge in [-0.3, -0.25) is 0 Å². The molecule has 1 aliphatic heterocycles. The van der Waals surface area contributed by atoms with Gasteiger partial charge in [0, 0.05) is 34.1 Å². The van der Waals surface area contributed by atoms with Crippen molar-refractivity contribution < 1.29 is 0 Å². The molecule has 3 aliphatic rings. The molecule has 0 fully saturated rings. The molecule has 2 atom stereocenters. The van der Waals surface area contributed by atoms with Crippen LogP contribution in [0.2, 0.25) is 0 Å². The van der Waals surface area contributed by atoms with Gasteiger partial charge in [-0.05, 0) is 79.1 Å². The highest BCUT2D eigenvalue weighted by Gasteiger charge is 2.40. The largest absolute Gasteiger partial charge is 0.331 e. The molecule has 2 unspecified atom stereocenters. The zero-order valence-electron chi connectivity index (χ0n) is 27.1. The van der Waals surface area contributed by atoms with Crippen LogP contribution in [0.4, 0.5) is 5.69 Å². The number of aryl methyl sites for hydroxylation is 1. The molecule has 0 saturated heterocycles. The highest BCUT2D eigenvalue weighted by Crippen LogP contribution is 2.49. The molecule has 46 heavy (non-hydrogen) atoms. The van der Waals surface area contributed by atoms with Crippen LogP contribution in [0.3, 0.4) is 0 Å². The second kappa shape index (κ2) is 13.0. The van der Waals surface area contributed by atoms with Crippen LogP contribution < -0.4 is 4.90 Å². The van der Waals surface area contributed by atoms with Gasteiger partial charge in [0.25, 0.3) is 0 Å². The number of nitriles is 1. The van der Waals surface area contributed by atoms with Gasteiger partial charge in [-0.2, -0.15) is 5.26 Å². The van der Waals surface area contributed by atoms with Gasteiger partial charge in [-0.25, -0.2) is 0 Å². The van der Waals surface area contributed by atoms with Crippen molar-refractivity contribution in [2.75, 3.05) is 4.90 Å². The summed E-state index contributed by atoms with van der Waals surface area (Å²) < 4.78 is 2.43. The highest BCUT2D eigenvalue weighted by atomic mass is 15.2. The molecule has 6 rings (SSSR count). The van der Waals surface area contributed by atoms with E-state index < -0.39 is 0 Å². The normalized spacial score (nSPS) is 18.8. The Morgan fingerprint density at radius 1 is 0.978 bits per heavy atom. The van der Waals surface area contributed by atoms with Crippen molar-refractivity contribution in [1.29, 1.82) is 5.26 Å². The third kappa shape index (κ3) is 5.01. The van der Waals surface area contributed by atoms with Crippen LogP contribution in [0, 0.1) is 18.3 Å². The smallest absolute Gasteiger partial charge is 0.101 e. The third-order valence-electron chi connectivity index (χ3n) is 9.59. The predicted molar refractivity (Wildman–Crippen MR) is 197 cm³/mol. The second-order valence-electron chi connectivity index (χ2n) is 12.1. The molecule has 3 heteroatoms. The molecule has 3 aromatic rings. The SMILES string of the molecule is C=C/C=C\c1ccc2c(c1C)C(C)C(/C=C\C=C)N2C(=C(/C)n1c2c(c3c1CCc1ccccc1-3)C=CCC=C2)/C(C#N)=C\C=C. The van der Waals surface area contributed by atoms with Crippen molar-refractivity contribution in [2.24, 2.45) is 0 Å². The van der Waals surface area contributed by atoms with Crippen LogP contribution in [0.1, 0.15) is 65.4 Å². The summed E-state index contributed by atoms with van der Waals surface area (Å²) in [6, 6.07) is 15.7. The summed E-state index contributed by atoms with van der Waals surface area (Å²) in [4.78, 5) is 2.38. The lowest BCUT2D eigenvalue weighted by atomic mass is 9.87. The summed E-state index contributed by atoms with van der Waals surface area (Å²) >= 11 is 0. The van der Waals surface area contributed by atoms with Crippen molar-refractivity contribution >= 4 is 29.6 Å². The van der Waals surface area contributed by atoms with Gasteiger partial charge >= 0.3 is 0 Å². The number of rotatable bonds is 8. The van der Waals surface area contributed by atoms with Crippen LogP contribution in [0.25, 0.3) is 35.1 Å². The van der Waals surface area contributed by atoms with E-state index in [1.54, 1.807) is 6.08 Å². The van der Waals surface area contributed by atoms with E-state index in [1.165, 1.54) is 44.6 Å². The average molecular weight is 600 g/mol. The number of aromatic nitrogens is 1. The number of hydrogen-bond acceptors (Lipinski definition) is 2. The molecule has 2 aliphatic carbocycles. The fraction of sp³-hybridized carbons (Fsp3) is 0.186. The maximum absolute atomic E-state index is 10.7. The average Bonchev–Trinajstić information content (AvgIpc) is 3.41. The Morgan fingerprint density at radius 3 is 2.52 bits per heavy atom. The van der Waals surface area contributed by atoms with Crippen molar-refractivity contribution in [3.8, 4) is 17.2 Å². The molecular formula is C43H41N3. The topological polar surface area (TPSA) is 32.0 Å². The van der Waals surface area contributed by atoms with E-state index in [1.807, 2.05) is 30.4 Å². The van der Waals surface area contributed by atoms with E-state index in [-0.39, 0.29) is 12.0 Å². The van der Waals surface area contributed by atoms with Crippen molar-refractivity contribution in [2.45, 2.75) is 52.0 Å². The first-order chi connectivity index (χ1) is 22.5. The van der Waals surface area contributed by atoms with E-state index in [9.17, 15) is 5.26 Å². The Bertz CT molecular complexity index is 1970. The summed E-state index contributed by atoms with van der Waals surface area (Å²) in [6.45, 7) is 18.5. The monoisotopic (exact) mass is 599 g/mol. The van der Waals surface area contributed by atoms with Crippen molar-refractivity contribution in [1.82, 2.24) is 4.57 Å². The van der Waals surface area contributed by atoms with Gasteiger partial charge in [0.1, 0.15) is 6.07 Å². The zero-order valence-corrected chi connectivity index (χ0v) is 27.1. The molecule has 3 nitrogen and oxygen atoms in total. The van der Waals surface area contributed by atoms with Gasteiger partial charge in [-0.1, -0.05) is 118 Å². The van der Waals surface area contributed by atoms with Crippen molar-refractivity contribution in [3.05, 3.63) is 161 Å². The predicted octanol–water partition coefficient (Wildman–Crippen LogP) is 10.8. The van der Waals surface area contributed by atoms with E-state index in [4.69, 9.17) is 0 Å². The standard InChI is InChI=1S/C43H41N3/c1-7-10-18-32-24-26-39-41(29(32)4)30(5)37(22-11-8-2)46(39)43(34(28-44)17-9-3)31(6)45-38-23-14-12-13-21-36(38)42-35-20-16-15-19-33(35)25-27-40(42)45/h7-11,13-24,26,30,37H,1-3,12,25,27H2,4-6H3/b18-10-,22-11-,34-17-,43-31-. The molecule has 0 saturated carbocycles. The first-order valence-electron chi connectivity index (χ1n) is 16.1. The number of hydrogen-bond donors (Lipinski definition) is 0. The number of fused-ring (bicyclic) bond motifs is 6. The van der Waals surface area contributed by atoms with Crippen LogP contribution in [-0.2, 0) is 12.8 Å². The van der Waals surface area contributed by atoms with E-state index >= 15 is 0 Å². The maximum atomic E-state index is 10.7. The van der Waals surface area contributed by atoms with Crippen molar-refractivity contribution in [3.63, 3.8) is 0 Å². The molecule has 0 spiro atoms. The fourth-order valence-corrected chi connectivity index (χ4v) is 7.62. The molecule has 228 valence electrons. The lowest BCUT2D eigenvalue weighted by Crippen LogP contribution is -2.33. The molecule has 0 bridgehead atoms. The lowest BCUT2D eigenvalue weighted by molar-refractivity contribution is 0.679. The molecule has 1 aromatic heterocycles. The van der Waals surface area contributed by atoms with Gasteiger partial charge in [0.2, 0.25) is 0 Å².